The number of nitrogens with zero attached hydrogens (tertiary/aromatic N) is 1. The van der Waals surface area contributed by atoms with Gasteiger partial charge in [0, 0.05) is 12.4 Å². The second-order valence-electron chi connectivity index (χ2n) is 2.16. The summed E-state index contributed by atoms with van der Waals surface area (Å²) in [7, 11) is 0. The Kier molecular flexibility index (Phi) is 1.15. The highest BCUT2D eigenvalue weighted by Gasteiger charge is 2.07. The fourth-order valence-corrected chi connectivity index (χ4v) is 0.997. The van der Waals surface area contributed by atoms with Gasteiger partial charge in [0.1, 0.15) is 0 Å². The number of aromatic nitrogens is 2. The number of aromatic amines is 1. The number of hydrogen-bond donors (Lipinski definition) is 1. The normalized spacial score (nSPS) is 10.7. The first kappa shape index (κ1) is 6.27. The smallest absolute Gasteiger partial charge is 0.225 e. The van der Waals surface area contributed by atoms with Crippen molar-refractivity contribution < 1.29 is 8.78 Å². The topological polar surface area (TPSA) is 28.7 Å². The van der Waals surface area contributed by atoms with Gasteiger partial charge in [0.2, 0.25) is 5.95 Å². The number of H-pyrrole nitrogens is 1. The standard InChI is InChI=1S/C7H4F2N2/c8-4-3-11-5-1-2-10-7(9)6(4)5/h1-3,11H. The first-order chi connectivity index (χ1) is 5.29. The zero-order valence-electron chi connectivity index (χ0n) is 5.44. The van der Waals surface area contributed by atoms with Gasteiger partial charge < -0.3 is 4.98 Å². The highest BCUT2D eigenvalue weighted by molar-refractivity contribution is 5.79. The second-order valence-corrected chi connectivity index (χ2v) is 2.16. The van der Waals surface area contributed by atoms with Gasteiger partial charge in [-0.3, -0.25) is 0 Å². The SMILES string of the molecule is Fc1c[nH]c2ccnc(F)c12. The predicted molar refractivity (Wildman–Crippen MR) is 36.0 cm³/mol. The van der Waals surface area contributed by atoms with Gasteiger partial charge in [-0.15, -0.1) is 0 Å². The Balaban J connectivity index is 2.96. The van der Waals surface area contributed by atoms with Crippen molar-refractivity contribution >= 4 is 10.9 Å². The number of hydrogen-bond acceptors (Lipinski definition) is 1. The van der Waals surface area contributed by atoms with Crippen molar-refractivity contribution in [3.63, 3.8) is 0 Å². The molecule has 11 heavy (non-hydrogen) atoms. The highest BCUT2D eigenvalue weighted by atomic mass is 19.1. The van der Waals surface area contributed by atoms with Gasteiger partial charge >= 0.3 is 0 Å². The first-order valence-corrected chi connectivity index (χ1v) is 3.06. The quantitative estimate of drug-likeness (QED) is 0.576. The van der Waals surface area contributed by atoms with E-state index in [2.05, 4.69) is 9.97 Å². The molecule has 0 bridgehead atoms. The maximum Gasteiger partial charge on any atom is 0.225 e. The van der Waals surface area contributed by atoms with Gasteiger partial charge in [-0.25, -0.2) is 9.37 Å². The van der Waals surface area contributed by atoms with Gasteiger partial charge in [0.25, 0.3) is 0 Å². The summed E-state index contributed by atoms with van der Waals surface area (Å²) >= 11 is 0. The van der Waals surface area contributed by atoms with Gasteiger partial charge in [-0.1, -0.05) is 0 Å². The van der Waals surface area contributed by atoms with Crippen LogP contribution in [0.25, 0.3) is 10.9 Å². The zero-order chi connectivity index (χ0) is 7.84. The van der Waals surface area contributed by atoms with Crippen molar-refractivity contribution in [2.45, 2.75) is 0 Å². The molecule has 4 heteroatoms. The minimum Gasteiger partial charge on any atom is -0.358 e. The average molecular weight is 154 g/mol. The molecule has 2 aromatic heterocycles. The van der Waals surface area contributed by atoms with Crippen molar-refractivity contribution in [1.29, 1.82) is 0 Å². The van der Waals surface area contributed by atoms with E-state index in [1.165, 1.54) is 12.3 Å². The summed E-state index contributed by atoms with van der Waals surface area (Å²) in [5.41, 5.74) is 0.426. The fourth-order valence-electron chi connectivity index (χ4n) is 0.997. The molecule has 0 amide bonds. The Morgan fingerprint density at radius 3 is 2.91 bits per heavy atom. The number of nitrogens with one attached hydrogen (secondary N) is 1. The van der Waals surface area contributed by atoms with E-state index in [-0.39, 0.29) is 5.39 Å². The van der Waals surface area contributed by atoms with Crippen LogP contribution in [0, 0.1) is 11.8 Å². The van der Waals surface area contributed by atoms with Crippen molar-refractivity contribution in [2.75, 3.05) is 0 Å². The Hall–Kier alpha value is -1.45. The lowest BCUT2D eigenvalue weighted by Crippen LogP contribution is -1.82. The van der Waals surface area contributed by atoms with Crippen LogP contribution in [0.5, 0.6) is 0 Å². The molecule has 2 nitrogen and oxygen atoms in total. The lowest BCUT2D eigenvalue weighted by Gasteiger charge is -1.88. The Morgan fingerprint density at radius 2 is 2.18 bits per heavy atom. The van der Waals surface area contributed by atoms with E-state index in [9.17, 15) is 8.78 Å². The molecule has 2 heterocycles. The summed E-state index contributed by atoms with van der Waals surface area (Å²) in [6.45, 7) is 0. The van der Waals surface area contributed by atoms with Gasteiger partial charge in [0.15, 0.2) is 5.82 Å². The largest absolute Gasteiger partial charge is 0.358 e. The monoisotopic (exact) mass is 154 g/mol. The lowest BCUT2D eigenvalue weighted by atomic mass is 10.3. The number of pyridine rings is 1. The predicted octanol–water partition coefficient (Wildman–Crippen LogP) is 1.84. The highest BCUT2D eigenvalue weighted by Crippen LogP contribution is 2.17. The van der Waals surface area contributed by atoms with E-state index in [1.54, 1.807) is 0 Å². The van der Waals surface area contributed by atoms with Crippen LogP contribution in [0.1, 0.15) is 0 Å². The van der Waals surface area contributed by atoms with Gasteiger partial charge in [0.05, 0.1) is 10.9 Å². The molecule has 0 radical (unpaired) electrons. The Morgan fingerprint density at radius 1 is 1.36 bits per heavy atom. The molecule has 1 N–H and O–H groups in total. The molecule has 0 aliphatic heterocycles. The first-order valence-electron chi connectivity index (χ1n) is 3.06. The molecule has 0 saturated heterocycles. The van der Waals surface area contributed by atoms with Crippen LogP contribution in [-0.2, 0) is 0 Å². The molecule has 2 rings (SSSR count). The molecule has 0 aromatic carbocycles. The molecule has 0 spiro atoms. The molecular weight excluding hydrogens is 150 g/mol. The third kappa shape index (κ3) is 0.790. The number of rotatable bonds is 0. The molecule has 0 unspecified atom stereocenters. The summed E-state index contributed by atoms with van der Waals surface area (Å²) in [5.74, 6) is -1.38. The minimum atomic E-state index is -0.777. The van der Waals surface area contributed by atoms with E-state index in [4.69, 9.17) is 0 Å². The van der Waals surface area contributed by atoms with Crippen molar-refractivity contribution in [3.8, 4) is 0 Å². The van der Waals surface area contributed by atoms with Gasteiger partial charge in [-0.05, 0) is 6.07 Å². The lowest BCUT2D eigenvalue weighted by molar-refractivity contribution is 0.581. The van der Waals surface area contributed by atoms with Crippen LogP contribution in [0.4, 0.5) is 8.78 Å². The summed E-state index contributed by atoms with van der Waals surface area (Å²) in [6, 6.07) is 1.52. The van der Waals surface area contributed by atoms with Crippen molar-refractivity contribution in [1.82, 2.24) is 9.97 Å². The molecule has 0 saturated carbocycles. The molecule has 2 aromatic rings. The van der Waals surface area contributed by atoms with Crippen molar-refractivity contribution in [2.24, 2.45) is 0 Å². The van der Waals surface area contributed by atoms with E-state index in [1.807, 2.05) is 0 Å². The molecular formula is C7H4F2N2. The summed E-state index contributed by atoms with van der Waals surface area (Å²) in [4.78, 5) is 5.89. The molecule has 0 aliphatic carbocycles. The Labute approximate surface area is 60.9 Å². The summed E-state index contributed by atoms with van der Waals surface area (Å²) in [5, 5.41) is -0.0764. The summed E-state index contributed by atoms with van der Waals surface area (Å²) in [6.07, 6.45) is 2.39. The van der Waals surface area contributed by atoms with Gasteiger partial charge in [-0.2, -0.15) is 4.39 Å². The van der Waals surface area contributed by atoms with Crippen molar-refractivity contribution in [3.05, 3.63) is 30.2 Å². The number of fused-ring (bicyclic) bond motifs is 1. The van der Waals surface area contributed by atoms with Crippen LogP contribution >= 0.6 is 0 Å². The minimum absolute atomic E-state index is 0.0764. The van der Waals surface area contributed by atoms with E-state index in [0.29, 0.717) is 5.52 Å². The van der Waals surface area contributed by atoms with E-state index in [0.717, 1.165) is 6.20 Å². The second kappa shape index (κ2) is 2.02. The Bertz CT molecular complexity index is 394. The molecule has 0 fully saturated rings. The van der Waals surface area contributed by atoms with Crippen LogP contribution in [0.3, 0.4) is 0 Å². The maximum atomic E-state index is 12.7. The summed E-state index contributed by atoms with van der Waals surface area (Å²) < 4.78 is 25.4. The van der Waals surface area contributed by atoms with E-state index < -0.39 is 11.8 Å². The van der Waals surface area contributed by atoms with Crippen LogP contribution in [-0.4, -0.2) is 9.97 Å². The average Bonchev–Trinajstić information content (AvgIpc) is 2.34. The fraction of sp³-hybridized carbons (Fsp3) is 0. The zero-order valence-corrected chi connectivity index (χ0v) is 5.44. The third-order valence-corrected chi connectivity index (χ3v) is 1.50. The molecule has 0 atom stereocenters. The number of halogens is 2. The molecule has 56 valence electrons. The molecule has 0 aliphatic rings. The maximum absolute atomic E-state index is 12.7. The van der Waals surface area contributed by atoms with Crippen LogP contribution in [0.15, 0.2) is 18.5 Å². The van der Waals surface area contributed by atoms with Crippen LogP contribution in [0.2, 0.25) is 0 Å². The van der Waals surface area contributed by atoms with Crippen LogP contribution < -0.4 is 0 Å². The van der Waals surface area contributed by atoms with E-state index >= 15 is 0 Å². The third-order valence-electron chi connectivity index (χ3n) is 1.50.